The fraction of sp³-hybridized carbons (Fsp3) is 0.778. The van der Waals surface area contributed by atoms with Crippen molar-refractivity contribution in [2.75, 3.05) is 0 Å². The Morgan fingerprint density at radius 1 is 1.50 bits per heavy atom. The minimum absolute atomic E-state index is 0.00565. The summed E-state index contributed by atoms with van der Waals surface area (Å²) < 4.78 is 0. The molecule has 68 valence electrons. The summed E-state index contributed by atoms with van der Waals surface area (Å²) in [6, 6.07) is 0. The first kappa shape index (κ1) is 9.23. The molecule has 0 heterocycles. The summed E-state index contributed by atoms with van der Waals surface area (Å²) in [5, 5.41) is 8.94. The average Bonchev–Trinajstić information content (AvgIpc) is 2.60. The van der Waals surface area contributed by atoms with Crippen molar-refractivity contribution in [3.05, 3.63) is 0 Å². The molecule has 0 saturated heterocycles. The van der Waals surface area contributed by atoms with Crippen molar-refractivity contribution in [1.82, 2.24) is 0 Å². The van der Waals surface area contributed by atoms with Crippen molar-refractivity contribution >= 4 is 11.8 Å². The van der Waals surface area contributed by atoms with Gasteiger partial charge in [0.15, 0.2) is 0 Å². The quantitative estimate of drug-likeness (QED) is 0.695. The van der Waals surface area contributed by atoms with Gasteiger partial charge in [-0.2, -0.15) is 0 Å². The van der Waals surface area contributed by atoms with Gasteiger partial charge in [0.05, 0.1) is 5.41 Å². The first-order valence-electron chi connectivity index (χ1n) is 4.16. The van der Waals surface area contributed by atoms with Gasteiger partial charge in [-0.05, 0) is 19.3 Å². The van der Waals surface area contributed by atoms with Crippen LogP contribution in [0, 0.1) is 17.3 Å². The van der Waals surface area contributed by atoms with E-state index in [-0.39, 0.29) is 17.6 Å². The van der Waals surface area contributed by atoms with Crippen LogP contribution in [0.5, 0.6) is 0 Å². The molecular formula is C9H14O3. The Bertz CT molecular complexity index is 232. The highest BCUT2D eigenvalue weighted by atomic mass is 16.4. The molecule has 0 aliphatic heterocycles. The van der Waals surface area contributed by atoms with Gasteiger partial charge in [-0.1, -0.05) is 13.8 Å². The minimum atomic E-state index is -0.822. The highest BCUT2D eigenvalue weighted by molar-refractivity contribution is 5.92. The van der Waals surface area contributed by atoms with Crippen LogP contribution in [0.2, 0.25) is 0 Å². The summed E-state index contributed by atoms with van der Waals surface area (Å²) >= 11 is 0. The molecule has 0 bridgehead atoms. The van der Waals surface area contributed by atoms with E-state index < -0.39 is 11.4 Å². The summed E-state index contributed by atoms with van der Waals surface area (Å²) in [7, 11) is 0. The van der Waals surface area contributed by atoms with Crippen LogP contribution in [0.4, 0.5) is 0 Å². The van der Waals surface area contributed by atoms with E-state index in [1.165, 1.54) is 6.92 Å². The third kappa shape index (κ3) is 1.04. The molecule has 1 rings (SSSR count). The van der Waals surface area contributed by atoms with Gasteiger partial charge in [0.2, 0.25) is 0 Å². The lowest BCUT2D eigenvalue weighted by molar-refractivity contribution is -0.147. The second-order valence-electron chi connectivity index (χ2n) is 3.87. The Balaban J connectivity index is 2.83. The fourth-order valence-corrected chi connectivity index (χ4v) is 1.91. The maximum absolute atomic E-state index is 11.0. The van der Waals surface area contributed by atoms with Crippen molar-refractivity contribution in [3.63, 3.8) is 0 Å². The highest BCUT2D eigenvalue weighted by Gasteiger charge is 2.64. The molecule has 1 fully saturated rings. The lowest BCUT2D eigenvalue weighted by atomic mass is 9.89. The standard InChI is InChI=1S/C9H14O3/c1-5(2)9(8(11)12)4-7(9)6(3)10/h5,7H,4H2,1-3H3,(H,11,12). The van der Waals surface area contributed by atoms with Crippen LogP contribution in [0.15, 0.2) is 0 Å². The number of carboxylic acid groups (broad SMARTS) is 1. The molecule has 2 atom stereocenters. The second-order valence-corrected chi connectivity index (χ2v) is 3.87. The molecule has 3 heteroatoms. The number of hydrogen-bond donors (Lipinski definition) is 1. The first-order valence-corrected chi connectivity index (χ1v) is 4.16. The highest BCUT2D eigenvalue weighted by Crippen LogP contribution is 2.58. The molecule has 1 saturated carbocycles. The van der Waals surface area contributed by atoms with E-state index in [0.717, 1.165) is 0 Å². The Labute approximate surface area is 71.8 Å². The van der Waals surface area contributed by atoms with Crippen LogP contribution < -0.4 is 0 Å². The Hall–Kier alpha value is -0.860. The number of carbonyl (C=O) groups excluding carboxylic acids is 1. The monoisotopic (exact) mass is 170 g/mol. The Morgan fingerprint density at radius 2 is 2.00 bits per heavy atom. The summed E-state index contributed by atoms with van der Waals surface area (Å²) in [4.78, 5) is 21.9. The number of ketones is 1. The number of aliphatic carboxylic acids is 1. The molecule has 0 aromatic heterocycles. The Kier molecular flexibility index (Phi) is 1.98. The molecule has 1 N–H and O–H groups in total. The van der Waals surface area contributed by atoms with E-state index in [2.05, 4.69) is 0 Å². The van der Waals surface area contributed by atoms with Crippen LogP contribution in [-0.2, 0) is 9.59 Å². The van der Waals surface area contributed by atoms with Crippen LogP contribution in [0.1, 0.15) is 27.2 Å². The van der Waals surface area contributed by atoms with Crippen LogP contribution in [-0.4, -0.2) is 16.9 Å². The zero-order chi connectivity index (χ0) is 9.52. The maximum atomic E-state index is 11.0. The smallest absolute Gasteiger partial charge is 0.310 e. The number of rotatable bonds is 3. The molecule has 0 aromatic carbocycles. The average molecular weight is 170 g/mol. The van der Waals surface area contributed by atoms with Gasteiger partial charge < -0.3 is 5.11 Å². The van der Waals surface area contributed by atoms with E-state index in [1.807, 2.05) is 13.8 Å². The van der Waals surface area contributed by atoms with E-state index in [0.29, 0.717) is 6.42 Å². The summed E-state index contributed by atoms with van der Waals surface area (Å²) in [5.74, 6) is -1.01. The molecule has 2 unspecified atom stereocenters. The van der Waals surface area contributed by atoms with Crippen LogP contribution >= 0.6 is 0 Å². The molecule has 3 nitrogen and oxygen atoms in total. The van der Waals surface area contributed by atoms with Gasteiger partial charge in [0.1, 0.15) is 5.78 Å². The van der Waals surface area contributed by atoms with Gasteiger partial charge in [-0.25, -0.2) is 0 Å². The third-order valence-electron chi connectivity index (χ3n) is 2.92. The van der Waals surface area contributed by atoms with Crippen molar-refractivity contribution in [2.24, 2.45) is 17.3 Å². The molecule has 0 radical (unpaired) electrons. The van der Waals surface area contributed by atoms with E-state index in [9.17, 15) is 9.59 Å². The predicted molar refractivity (Wildman–Crippen MR) is 43.7 cm³/mol. The third-order valence-corrected chi connectivity index (χ3v) is 2.92. The number of carboxylic acids is 1. The first-order chi connectivity index (χ1) is 5.43. The van der Waals surface area contributed by atoms with Gasteiger partial charge in [-0.3, -0.25) is 9.59 Å². The summed E-state index contributed by atoms with van der Waals surface area (Å²) in [5.41, 5.74) is -0.744. The number of carbonyl (C=O) groups is 2. The number of hydrogen-bond acceptors (Lipinski definition) is 2. The topological polar surface area (TPSA) is 54.4 Å². The molecule has 0 aromatic rings. The zero-order valence-electron chi connectivity index (χ0n) is 7.63. The summed E-state index contributed by atoms with van der Waals surface area (Å²) in [6.07, 6.45) is 0.523. The fourth-order valence-electron chi connectivity index (χ4n) is 1.91. The van der Waals surface area contributed by atoms with Crippen molar-refractivity contribution in [1.29, 1.82) is 0 Å². The lowest BCUT2D eigenvalue weighted by Crippen LogP contribution is -2.25. The SMILES string of the molecule is CC(=O)C1CC1(C(=O)O)C(C)C. The van der Waals surface area contributed by atoms with E-state index >= 15 is 0 Å². The molecule has 0 amide bonds. The maximum Gasteiger partial charge on any atom is 0.310 e. The van der Waals surface area contributed by atoms with Crippen molar-refractivity contribution in [2.45, 2.75) is 27.2 Å². The lowest BCUT2D eigenvalue weighted by Gasteiger charge is -2.15. The van der Waals surface area contributed by atoms with E-state index in [4.69, 9.17) is 5.11 Å². The van der Waals surface area contributed by atoms with Gasteiger partial charge >= 0.3 is 5.97 Å². The largest absolute Gasteiger partial charge is 0.481 e. The zero-order valence-corrected chi connectivity index (χ0v) is 7.63. The molecule has 12 heavy (non-hydrogen) atoms. The molecule has 0 spiro atoms. The minimum Gasteiger partial charge on any atom is -0.481 e. The second kappa shape index (κ2) is 2.57. The van der Waals surface area contributed by atoms with Gasteiger partial charge in [-0.15, -0.1) is 0 Å². The van der Waals surface area contributed by atoms with Crippen molar-refractivity contribution in [3.8, 4) is 0 Å². The predicted octanol–water partition coefficient (Wildman–Crippen LogP) is 1.32. The van der Waals surface area contributed by atoms with E-state index in [1.54, 1.807) is 0 Å². The Morgan fingerprint density at radius 3 is 2.08 bits per heavy atom. The number of Topliss-reactive ketones (excluding diaryl/α,β-unsaturated/α-hetero) is 1. The van der Waals surface area contributed by atoms with Crippen LogP contribution in [0.25, 0.3) is 0 Å². The van der Waals surface area contributed by atoms with Crippen LogP contribution in [0.3, 0.4) is 0 Å². The molecule has 1 aliphatic carbocycles. The normalized spacial score (nSPS) is 33.5. The van der Waals surface area contributed by atoms with Crippen molar-refractivity contribution < 1.29 is 14.7 Å². The molecule has 1 aliphatic rings. The van der Waals surface area contributed by atoms with Gasteiger partial charge in [0.25, 0.3) is 0 Å². The summed E-state index contributed by atoms with van der Waals surface area (Å²) in [6.45, 7) is 5.19. The molecular weight excluding hydrogens is 156 g/mol. The van der Waals surface area contributed by atoms with Gasteiger partial charge in [0, 0.05) is 5.92 Å².